The normalized spacial score (nSPS) is 38.1. The number of aromatic nitrogens is 2. The molecule has 0 amide bonds. The lowest BCUT2D eigenvalue weighted by Gasteiger charge is -2.23. The molecule has 2 aliphatic rings. The molecule has 0 spiro atoms. The second kappa shape index (κ2) is 10.8. The lowest BCUT2D eigenvalue weighted by atomic mass is 10.1. The van der Waals surface area contributed by atoms with Crippen LogP contribution in [0.5, 0.6) is 0 Å². The number of nitrogens with zero attached hydrogens (tertiary/aromatic N) is 1. The van der Waals surface area contributed by atoms with E-state index in [4.69, 9.17) is 14.6 Å². The van der Waals surface area contributed by atoms with Gasteiger partial charge in [0, 0.05) is 12.3 Å². The van der Waals surface area contributed by atoms with Gasteiger partial charge in [-0.3, -0.25) is 23.4 Å². The van der Waals surface area contributed by atoms with Crippen LogP contribution in [0.4, 0.5) is 0 Å². The largest absolute Gasteiger partial charge is 0.481 e. The zero-order chi connectivity index (χ0) is 27.1. The first kappa shape index (κ1) is 29.2. The highest BCUT2D eigenvalue weighted by Gasteiger charge is 2.54. The molecule has 0 aromatic carbocycles. The van der Waals surface area contributed by atoms with Crippen LogP contribution in [0.2, 0.25) is 0 Å². The molecule has 2 aliphatic heterocycles. The summed E-state index contributed by atoms with van der Waals surface area (Å²) in [4.78, 5) is 44.4. The minimum atomic E-state index is -5.41. The molecular formula is C15H24N2O17P2. The minimum Gasteiger partial charge on any atom is -0.391 e. The molecule has 0 saturated carbocycles. The van der Waals surface area contributed by atoms with Crippen LogP contribution >= 0.6 is 15.6 Å². The van der Waals surface area contributed by atoms with E-state index in [1.165, 1.54) is 0 Å². The third-order valence-corrected chi connectivity index (χ3v) is 7.82. The fourth-order valence-corrected chi connectivity index (χ4v) is 5.46. The van der Waals surface area contributed by atoms with Crippen molar-refractivity contribution >= 4 is 15.6 Å². The van der Waals surface area contributed by atoms with Crippen molar-refractivity contribution < 1.29 is 72.4 Å². The topological polar surface area (TPSA) is 297 Å². The number of nitrogens with one attached hydrogen (secondary N) is 1. The zero-order valence-corrected chi connectivity index (χ0v) is 19.7. The van der Waals surface area contributed by atoms with E-state index in [1.807, 2.05) is 4.98 Å². The van der Waals surface area contributed by atoms with E-state index < -0.39 is 95.4 Å². The highest BCUT2D eigenvalue weighted by molar-refractivity contribution is 7.61. The maximum Gasteiger partial charge on any atom is 0.481 e. The third-order valence-electron chi connectivity index (χ3n) is 5.22. The second-order valence-corrected chi connectivity index (χ2v) is 10.8. The molecule has 1 aromatic heterocycles. The first-order valence-electron chi connectivity index (χ1n) is 9.95. The Labute approximate surface area is 199 Å². The van der Waals surface area contributed by atoms with Gasteiger partial charge in [-0.15, -0.1) is 0 Å². The van der Waals surface area contributed by atoms with Crippen LogP contribution in [-0.4, -0.2) is 112 Å². The number of H-pyrrole nitrogens is 1. The number of aliphatic hydroxyl groups is 6. The predicted molar refractivity (Wildman–Crippen MR) is 109 cm³/mol. The smallest absolute Gasteiger partial charge is 0.391 e. The second-order valence-electron chi connectivity index (χ2n) is 7.77. The van der Waals surface area contributed by atoms with Gasteiger partial charge in [0.1, 0.15) is 36.6 Å². The van der Waals surface area contributed by atoms with Crippen molar-refractivity contribution in [3.05, 3.63) is 33.1 Å². The molecule has 0 aliphatic carbocycles. The molecule has 2 saturated heterocycles. The van der Waals surface area contributed by atoms with Crippen LogP contribution in [0.25, 0.3) is 0 Å². The summed E-state index contributed by atoms with van der Waals surface area (Å²) in [7, 11) is -10.8. The Morgan fingerprint density at radius 1 is 1.00 bits per heavy atom. The van der Waals surface area contributed by atoms with Crippen LogP contribution in [-0.2, 0) is 32.0 Å². The highest BCUT2D eigenvalue weighted by Crippen LogP contribution is 2.60. The van der Waals surface area contributed by atoms with Crippen molar-refractivity contribution in [2.75, 3.05) is 19.8 Å². The molecule has 0 radical (unpaired) electrons. The Morgan fingerprint density at radius 2 is 1.58 bits per heavy atom. The van der Waals surface area contributed by atoms with Crippen LogP contribution in [0.15, 0.2) is 21.9 Å². The predicted octanol–water partition coefficient (Wildman–Crippen LogP) is -4.79. The van der Waals surface area contributed by atoms with Gasteiger partial charge in [0.2, 0.25) is 5.79 Å². The average molecular weight is 566 g/mol. The summed E-state index contributed by atoms with van der Waals surface area (Å²) in [6.45, 7) is -3.20. The minimum absolute atomic E-state index is 0.731. The summed E-state index contributed by atoms with van der Waals surface area (Å²) in [5.74, 6) is -2.59. The van der Waals surface area contributed by atoms with E-state index in [0.29, 0.717) is 0 Å². The molecular weight excluding hydrogens is 542 g/mol. The number of ether oxygens (including phenoxy) is 2. The van der Waals surface area contributed by atoms with Crippen LogP contribution in [0.1, 0.15) is 6.23 Å². The summed E-state index contributed by atoms with van der Waals surface area (Å²) >= 11 is 0. The lowest BCUT2D eigenvalue weighted by Crippen LogP contribution is -2.46. The Hall–Kier alpha value is -1.38. The lowest BCUT2D eigenvalue weighted by molar-refractivity contribution is -0.247. The SMILES string of the molecule is O=c1ccn([C@@H]2O[C@H](COP(=O)(O)OP(=O)(O)OC[C@H]3O[C@](O)(CO)[C@@H](O)[C@@H]3O)[C@@H](O)[C@H]2O)c(=O)[nH]1. The van der Waals surface area contributed by atoms with E-state index in [-0.39, 0.29) is 0 Å². The fraction of sp³-hybridized carbons (Fsp3) is 0.733. The fourth-order valence-electron chi connectivity index (χ4n) is 3.37. The maximum absolute atomic E-state index is 12.1. The third kappa shape index (κ3) is 6.36. The summed E-state index contributed by atoms with van der Waals surface area (Å²) in [6, 6.07) is 0.933. The highest BCUT2D eigenvalue weighted by atomic mass is 31.3. The number of phosphoric acid groups is 2. The van der Waals surface area contributed by atoms with Gasteiger partial charge >= 0.3 is 21.3 Å². The summed E-state index contributed by atoms with van der Waals surface area (Å²) in [5.41, 5.74) is -1.73. The van der Waals surface area contributed by atoms with Gasteiger partial charge in [0.25, 0.3) is 5.56 Å². The number of phosphoric ester groups is 2. The number of hydrogen-bond donors (Lipinski definition) is 9. The number of aliphatic hydroxyl groups excluding tert-OH is 5. The van der Waals surface area contributed by atoms with Crippen LogP contribution in [0, 0.1) is 0 Å². The molecule has 36 heavy (non-hydrogen) atoms. The van der Waals surface area contributed by atoms with Gasteiger partial charge in [-0.25, -0.2) is 13.9 Å². The summed E-state index contributed by atoms with van der Waals surface area (Å²) in [5, 5.41) is 58.4. The van der Waals surface area contributed by atoms with Crippen molar-refractivity contribution in [2.24, 2.45) is 0 Å². The van der Waals surface area contributed by atoms with Gasteiger partial charge < -0.3 is 49.9 Å². The van der Waals surface area contributed by atoms with Crippen molar-refractivity contribution in [3.63, 3.8) is 0 Å². The molecule has 1 aromatic rings. The Balaban J connectivity index is 1.56. The van der Waals surface area contributed by atoms with Crippen molar-refractivity contribution in [1.82, 2.24) is 9.55 Å². The van der Waals surface area contributed by atoms with Gasteiger partial charge in [0.15, 0.2) is 6.23 Å². The average Bonchev–Trinajstić information content (AvgIpc) is 3.18. The van der Waals surface area contributed by atoms with Crippen molar-refractivity contribution in [2.45, 2.75) is 48.6 Å². The Morgan fingerprint density at radius 3 is 2.11 bits per heavy atom. The molecule has 19 nitrogen and oxygen atoms in total. The van der Waals surface area contributed by atoms with E-state index >= 15 is 0 Å². The van der Waals surface area contributed by atoms with Crippen LogP contribution in [0.3, 0.4) is 0 Å². The number of aromatic amines is 1. The van der Waals surface area contributed by atoms with E-state index in [1.54, 1.807) is 0 Å². The van der Waals surface area contributed by atoms with Gasteiger partial charge in [-0.1, -0.05) is 0 Å². The number of hydrogen-bond acceptors (Lipinski definition) is 15. The first-order chi connectivity index (χ1) is 16.6. The molecule has 2 unspecified atom stereocenters. The number of rotatable bonds is 10. The molecule has 3 rings (SSSR count). The molecule has 21 heteroatoms. The van der Waals surface area contributed by atoms with Gasteiger partial charge in [-0.2, -0.15) is 4.31 Å². The molecule has 2 fully saturated rings. The molecule has 9 N–H and O–H groups in total. The Bertz CT molecular complexity index is 1140. The van der Waals surface area contributed by atoms with Crippen LogP contribution < -0.4 is 11.2 Å². The quantitative estimate of drug-likeness (QED) is 0.120. The van der Waals surface area contributed by atoms with Crippen molar-refractivity contribution in [1.29, 1.82) is 0 Å². The van der Waals surface area contributed by atoms with E-state index in [2.05, 4.69) is 13.4 Å². The van der Waals surface area contributed by atoms with E-state index in [0.717, 1.165) is 16.8 Å². The summed E-state index contributed by atoms with van der Waals surface area (Å²) < 4.78 is 47.8. The maximum atomic E-state index is 12.1. The molecule has 0 bridgehead atoms. The van der Waals surface area contributed by atoms with Gasteiger partial charge in [0.05, 0.1) is 19.8 Å². The monoisotopic (exact) mass is 566 g/mol. The first-order valence-corrected chi connectivity index (χ1v) is 12.9. The molecule has 10 atom stereocenters. The molecule has 3 heterocycles. The van der Waals surface area contributed by atoms with E-state index in [9.17, 15) is 54.0 Å². The zero-order valence-electron chi connectivity index (χ0n) is 17.9. The molecule has 206 valence electrons. The van der Waals surface area contributed by atoms with Gasteiger partial charge in [-0.05, 0) is 0 Å². The Kier molecular flexibility index (Phi) is 8.73. The van der Waals surface area contributed by atoms with Crippen molar-refractivity contribution in [3.8, 4) is 0 Å². The standard InChI is InChI=1S/C15H24N2O17P2/c18-5-15(25)12(23)10(21)7(33-15)4-31-36(28,29)34-35(26,27)30-3-6-9(20)11(22)13(32-6)17-2-1-8(19)16-14(17)24/h1-2,6-7,9-13,18,20-23,25H,3-5H2,(H,26,27)(H,28,29)(H,16,19,24)/t6-,7-,9-,10-,11-,12+,13-,15-/m1/s1. The summed E-state index contributed by atoms with van der Waals surface area (Å²) in [6.07, 6.45) is -11.2.